The number of hydrogen-bond donors (Lipinski definition) is 0. The van der Waals surface area contributed by atoms with Crippen molar-refractivity contribution < 1.29 is 18.0 Å². The van der Waals surface area contributed by atoms with Crippen molar-refractivity contribution in [3.05, 3.63) is 94.0 Å². The van der Waals surface area contributed by atoms with Crippen molar-refractivity contribution in [2.24, 2.45) is 0 Å². The molecule has 0 saturated carbocycles. The van der Waals surface area contributed by atoms with E-state index in [-0.39, 0.29) is 6.54 Å². The minimum absolute atomic E-state index is 0.128. The number of benzene rings is 3. The first-order chi connectivity index (χ1) is 15.6. The number of aryl methyl sites for hydroxylation is 2. The molecule has 0 aromatic heterocycles. The highest BCUT2D eigenvalue weighted by atomic mass is 35.5. The molecule has 0 aliphatic carbocycles. The lowest BCUT2D eigenvalue weighted by Gasteiger charge is -2.33. The van der Waals surface area contributed by atoms with Crippen LogP contribution in [0.5, 0.6) is 0 Å². The second-order valence-electron chi connectivity index (χ2n) is 8.52. The Morgan fingerprint density at radius 1 is 0.939 bits per heavy atom. The molecule has 33 heavy (non-hydrogen) atoms. The fourth-order valence-corrected chi connectivity index (χ4v) is 7.19. The van der Waals surface area contributed by atoms with E-state index in [1.54, 1.807) is 54.6 Å². The van der Waals surface area contributed by atoms with Crippen LogP contribution in [0.2, 0.25) is 5.02 Å². The van der Waals surface area contributed by atoms with Crippen LogP contribution in [0.25, 0.3) is 0 Å². The fourth-order valence-electron chi connectivity index (χ4n) is 4.95. The molecule has 0 N–H and O–H groups in total. The summed E-state index contributed by atoms with van der Waals surface area (Å²) in [5.74, 6) is -2.01. The molecule has 0 bridgehead atoms. The van der Waals surface area contributed by atoms with Gasteiger partial charge < -0.3 is 4.90 Å². The van der Waals surface area contributed by atoms with E-state index in [0.717, 1.165) is 16.7 Å². The van der Waals surface area contributed by atoms with Gasteiger partial charge in [0.15, 0.2) is 9.84 Å². The first kappa shape index (κ1) is 21.7. The summed E-state index contributed by atoms with van der Waals surface area (Å²) in [6.07, 6.45) is 0. The van der Waals surface area contributed by atoms with E-state index in [2.05, 4.69) is 0 Å². The molecule has 6 nitrogen and oxygen atoms in total. The van der Waals surface area contributed by atoms with E-state index in [4.69, 9.17) is 11.6 Å². The zero-order chi connectivity index (χ0) is 23.5. The maximum atomic E-state index is 14.1. The van der Waals surface area contributed by atoms with Crippen molar-refractivity contribution in [2.45, 2.75) is 25.3 Å². The maximum absolute atomic E-state index is 14.1. The summed E-state index contributed by atoms with van der Waals surface area (Å²) in [5, 5.41) is 0.516. The van der Waals surface area contributed by atoms with Crippen molar-refractivity contribution in [1.29, 1.82) is 0 Å². The molecule has 1 atom stereocenters. The summed E-state index contributed by atoms with van der Waals surface area (Å²) in [6, 6.07) is 19.2. The second-order valence-corrected chi connectivity index (χ2v) is 11.1. The standard InChI is InChI=1S/C25H21ClN2O4S/c1-16-10-17(2)12-20(11-16)28-23(29)15-33(31,32)25(28)21-8-3-4-9-22(21)27(24(25)30)14-18-6-5-7-19(26)13-18/h3-13H,14-15H2,1-2H3/t25-/m0/s1. The molecule has 1 fully saturated rings. The summed E-state index contributed by atoms with van der Waals surface area (Å²) >= 11 is 6.13. The Morgan fingerprint density at radius 2 is 1.64 bits per heavy atom. The Kier molecular flexibility index (Phi) is 4.88. The molecule has 168 valence electrons. The molecule has 3 aromatic carbocycles. The van der Waals surface area contributed by atoms with E-state index in [0.29, 0.717) is 22.0 Å². The number of fused-ring (bicyclic) bond motifs is 2. The molecule has 0 radical (unpaired) electrons. The Morgan fingerprint density at radius 3 is 2.33 bits per heavy atom. The third-order valence-corrected chi connectivity index (χ3v) is 8.46. The molecule has 2 amide bonds. The highest BCUT2D eigenvalue weighted by Gasteiger charge is 2.69. The van der Waals surface area contributed by atoms with Crippen molar-refractivity contribution in [1.82, 2.24) is 0 Å². The lowest BCUT2D eigenvalue weighted by Crippen LogP contribution is -2.54. The molecule has 1 saturated heterocycles. The number of nitrogens with zero attached hydrogens (tertiary/aromatic N) is 2. The summed E-state index contributed by atoms with van der Waals surface area (Å²) in [5.41, 5.74) is 3.64. The van der Waals surface area contributed by atoms with E-state index in [1.165, 1.54) is 9.80 Å². The molecule has 1 spiro atoms. The SMILES string of the molecule is Cc1cc(C)cc(N2C(=O)CS(=O)(=O)[C@@]23C(=O)N(Cc2cccc(Cl)c2)c2ccccc23)c1. The van der Waals surface area contributed by atoms with Gasteiger partial charge in [-0.2, -0.15) is 0 Å². The number of anilines is 2. The van der Waals surface area contributed by atoms with Gasteiger partial charge in [-0.15, -0.1) is 0 Å². The van der Waals surface area contributed by atoms with Crippen LogP contribution < -0.4 is 9.80 Å². The lowest BCUT2D eigenvalue weighted by molar-refractivity contribution is -0.123. The molecular formula is C25H21ClN2O4S. The molecule has 2 aliphatic heterocycles. The minimum atomic E-state index is -4.20. The maximum Gasteiger partial charge on any atom is 0.274 e. The van der Waals surface area contributed by atoms with Gasteiger partial charge in [0.1, 0.15) is 5.75 Å². The molecule has 3 aromatic rings. The quantitative estimate of drug-likeness (QED) is 0.565. The first-order valence-electron chi connectivity index (χ1n) is 10.4. The fraction of sp³-hybridized carbons (Fsp3) is 0.200. The number of halogens is 1. The average molecular weight is 481 g/mol. The van der Waals surface area contributed by atoms with Crippen LogP contribution in [0.15, 0.2) is 66.7 Å². The molecule has 2 heterocycles. The molecule has 8 heteroatoms. The first-order valence-corrected chi connectivity index (χ1v) is 12.5. The van der Waals surface area contributed by atoms with Crippen molar-refractivity contribution in [3.8, 4) is 0 Å². The van der Waals surface area contributed by atoms with E-state index in [9.17, 15) is 18.0 Å². The molecule has 5 rings (SSSR count). The number of para-hydroxylation sites is 1. The topological polar surface area (TPSA) is 74.8 Å². The normalized spacial score (nSPS) is 21.2. The smallest absolute Gasteiger partial charge is 0.274 e. The van der Waals surface area contributed by atoms with Gasteiger partial charge >= 0.3 is 0 Å². The largest absolute Gasteiger partial charge is 0.304 e. The predicted octanol–water partition coefficient (Wildman–Crippen LogP) is 4.12. The monoisotopic (exact) mass is 480 g/mol. The van der Waals surface area contributed by atoms with Gasteiger partial charge in [0.2, 0.25) is 5.91 Å². The summed E-state index contributed by atoms with van der Waals surface area (Å²) in [4.78, 5) is 27.8. The number of carbonyl (C=O) groups excluding carboxylic acids is 2. The summed E-state index contributed by atoms with van der Waals surface area (Å²) in [6.45, 7) is 3.87. The molecule has 2 aliphatic rings. The van der Waals surface area contributed by atoms with E-state index < -0.39 is 32.3 Å². The summed E-state index contributed by atoms with van der Waals surface area (Å²) in [7, 11) is -4.20. The van der Waals surface area contributed by atoms with Gasteiger partial charge in [-0.3, -0.25) is 14.5 Å². The van der Waals surface area contributed by atoms with Crippen LogP contribution in [0.1, 0.15) is 22.3 Å². The van der Waals surface area contributed by atoms with Gasteiger partial charge in [0.05, 0.1) is 12.2 Å². The number of rotatable bonds is 3. The van der Waals surface area contributed by atoms with Gasteiger partial charge in [-0.1, -0.05) is 48.0 Å². The molecular weight excluding hydrogens is 460 g/mol. The predicted molar refractivity (Wildman–Crippen MR) is 128 cm³/mol. The van der Waals surface area contributed by atoms with Crippen molar-refractivity contribution in [3.63, 3.8) is 0 Å². The number of hydrogen-bond acceptors (Lipinski definition) is 4. The average Bonchev–Trinajstić information content (AvgIpc) is 3.10. The zero-order valence-electron chi connectivity index (χ0n) is 18.1. The third-order valence-electron chi connectivity index (χ3n) is 6.12. The van der Waals surface area contributed by atoms with Crippen LogP contribution in [0.3, 0.4) is 0 Å². The van der Waals surface area contributed by atoms with Crippen LogP contribution in [-0.4, -0.2) is 26.0 Å². The number of amides is 2. The van der Waals surface area contributed by atoms with Crippen LogP contribution in [-0.2, 0) is 30.8 Å². The van der Waals surface area contributed by atoms with Gasteiger partial charge in [0, 0.05) is 16.3 Å². The minimum Gasteiger partial charge on any atom is -0.304 e. The Balaban J connectivity index is 1.75. The lowest BCUT2D eigenvalue weighted by atomic mass is 10.0. The Labute approximate surface area is 197 Å². The number of carbonyl (C=O) groups is 2. The Hall–Kier alpha value is -3.16. The van der Waals surface area contributed by atoms with Crippen LogP contribution in [0, 0.1) is 13.8 Å². The number of sulfone groups is 1. The van der Waals surface area contributed by atoms with Gasteiger partial charge in [-0.25, -0.2) is 8.42 Å². The zero-order valence-corrected chi connectivity index (χ0v) is 19.7. The van der Waals surface area contributed by atoms with Gasteiger partial charge in [-0.05, 0) is 60.9 Å². The van der Waals surface area contributed by atoms with Crippen LogP contribution >= 0.6 is 11.6 Å². The van der Waals surface area contributed by atoms with E-state index in [1.807, 2.05) is 26.0 Å². The summed E-state index contributed by atoms with van der Waals surface area (Å²) < 4.78 is 27.3. The van der Waals surface area contributed by atoms with Crippen molar-refractivity contribution in [2.75, 3.05) is 15.6 Å². The highest BCUT2D eigenvalue weighted by Crippen LogP contribution is 2.53. The van der Waals surface area contributed by atoms with Crippen LogP contribution in [0.4, 0.5) is 11.4 Å². The Bertz CT molecular complexity index is 1420. The van der Waals surface area contributed by atoms with Crippen molar-refractivity contribution >= 4 is 44.6 Å². The third kappa shape index (κ3) is 3.10. The molecule has 0 unspecified atom stereocenters. The van der Waals surface area contributed by atoms with E-state index >= 15 is 0 Å². The second kappa shape index (κ2) is 7.43. The highest BCUT2D eigenvalue weighted by molar-refractivity contribution is 7.94. The van der Waals surface area contributed by atoms with Gasteiger partial charge in [0.25, 0.3) is 10.8 Å².